The van der Waals surface area contributed by atoms with Gasteiger partial charge in [0.15, 0.2) is 6.61 Å². The molecule has 0 unspecified atom stereocenters. The third kappa shape index (κ3) is 5.29. The van der Waals surface area contributed by atoms with Crippen molar-refractivity contribution in [3.63, 3.8) is 0 Å². The van der Waals surface area contributed by atoms with Gasteiger partial charge in [0.2, 0.25) is 0 Å². The van der Waals surface area contributed by atoms with Gasteiger partial charge in [0.05, 0.1) is 4.92 Å². The molecule has 0 aliphatic heterocycles. The van der Waals surface area contributed by atoms with Crippen LogP contribution in [-0.2, 0) is 10.2 Å². The van der Waals surface area contributed by atoms with Crippen molar-refractivity contribution < 1.29 is 14.5 Å². The standard InChI is InChI=1S/C18H19BrN2O4/c1-18(2,3)15-9-12(19)7-8-16(15)25-11-17(22)20-13-5-4-6-14(10-13)21(23)24/h4-10H,11H2,1-3H3,(H,20,22). The normalized spacial score (nSPS) is 11.0. The highest BCUT2D eigenvalue weighted by Gasteiger charge is 2.20. The van der Waals surface area contributed by atoms with Gasteiger partial charge < -0.3 is 10.1 Å². The number of nitrogens with one attached hydrogen (secondary N) is 1. The second-order valence-electron chi connectivity index (χ2n) is 6.53. The molecule has 2 aromatic carbocycles. The lowest BCUT2D eigenvalue weighted by Gasteiger charge is -2.23. The summed E-state index contributed by atoms with van der Waals surface area (Å²) in [6, 6.07) is 11.4. The van der Waals surface area contributed by atoms with E-state index < -0.39 is 4.92 Å². The van der Waals surface area contributed by atoms with E-state index in [1.807, 2.05) is 18.2 Å². The number of anilines is 1. The predicted molar refractivity (Wildman–Crippen MR) is 100 cm³/mol. The minimum atomic E-state index is -0.510. The second-order valence-corrected chi connectivity index (χ2v) is 7.45. The molecule has 0 aliphatic rings. The number of hydrogen-bond donors (Lipinski definition) is 1. The number of benzene rings is 2. The summed E-state index contributed by atoms with van der Waals surface area (Å²) in [7, 11) is 0. The zero-order valence-electron chi connectivity index (χ0n) is 14.2. The van der Waals surface area contributed by atoms with E-state index in [2.05, 4.69) is 42.0 Å². The lowest BCUT2D eigenvalue weighted by Crippen LogP contribution is -2.22. The molecule has 7 heteroatoms. The van der Waals surface area contributed by atoms with Crippen LogP contribution in [0.1, 0.15) is 26.3 Å². The van der Waals surface area contributed by atoms with E-state index >= 15 is 0 Å². The maximum Gasteiger partial charge on any atom is 0.271 e. The van der Waals surface area contributed by atoms with Crippen molar-refractivity contribution >= 4 is 33.2 Å². The molecule has 0 aromatic heterocycles. The number of rotatable bonds is 5. The molecular formula is C18H19BrN2O4. The number of carbonyl (C=O) groups is 1. The minimum Gasteiger partial charge on any atom is -0.483 e. The van der Waals surface area contributed by atoms with Crippen molar-refractivity contribution in [3.8, 4) is 5.75 Å². The Labute approximate surface area is 154 Å². The molecule has 1 N–H and O–H groups in total. The zero-order chi connectivity index (χ0) is 18.6. The summed E-state index contributed by atoms with van der Waals surface area (Å²) in [5.41, 5.74) is 1.11. The van der Waals surface area contributed by atoms with Crippen molar-refractivity contribution in [2.45, 2.75) is 26.2 Å². The van der Waals surface area contributed by atoms with E-state index in [0.29, 0.717) is 11.4 Å². The molecule has 0 atom stereocenters. The molecule has 0 saturated carbocycles. The van der Waals surface area contributed by atoms with Crippen molar-refractivity contribution in [2.24, 2.45) is 0 Å². The maximum atomic E-state index is 12.1. The van der Waals surface area contributed by atoms with Gasteiger partial charge >= 0.3 is 0 Å². The summed E-state index contributed by atoms with van der Waals surface area (Å²) in [4.78, 5) is 22.3. The second kappa shape index (κ2) is 7.65. The first-order valence-corrected chi connectivity index (χ1v) is 8.43. The number of carbonyl (C=O) groups excluding carboxylic acids is 1. The van der Waals surface area contributed by atoms with Gasteiger partial charge in [0, 0.05) is 27.9 Å². The van der Waals surface area contributed by atoms with E-state index in [-0.39, 0.29) is 23.6 Å². The van der Waals surface area contributed by atoms with Crippen LogP contribution in [0.15, 0.2) is 46.9 Å². The van der Waals surface area contributed by atoms with Gasteiger partial charge in [0.1, 0.15) is 5.75 Å². The van der Waals surface area contributed by atoms with Crippen LogP contribution in [0.5, 0.6) is 5.75 Å². The van der Waals surface area contributed by atoms with Gasteiger partial charge in [0.25, 0.3) is 11.6 Å². The molecular weight excluding hydrogens is 388 g/mol. The fourth-order valence-electron chi connectivity index (χ4n) is 2.25. The zero-order valence-corrected chi connectivity index (χ0v) is 15.8. The smallest absolute Gasteiger partial charge is 0.271 e. The third-order valence-electron chi connectivity index (χ3n) is 3.45. The van der Waals surface area contributed by atoms with Gasteiger partial charge in [-0.3, -0.25) is 14.9 Å². The van der Waals surface area contributed by atoms with E-state index in [9.17, 15) is 14.9 Å². The Morgan fingerprint density at radius 2 is 1.96 bits per heavy atom. The van der Waals surface area contributed by atoms with E-state index in [1.165, 1.54) is 18.2 Å². The summed E-state index contributed by atoms with van der Waals surface area (Å²) in [6.45, 7) is 5.99. The molecule has 0 bridgehead atoms. The van der Waals surface area contributed by atoms with Crippen LogP contribution < -0.4 is 10.1 Å². The largest absolute Gasteiger partial charge is 0.483 e. The summed E-state index contributed by atoms with van der Waals surface area (Å²) in [5.74, 6) is 0.244. The van der Waals surface area contributed by atoms with Crippen molar-refractivity contribution in [1.29, 1.82) is 0 Å². The van der Waals surface area contributed by atoms with E-state index in [4.69, 9.17) is 4.74 Å². The molecule has 0 spiro atoms. The number of non-ortho nitro benzene ring substituents is 1. The van der Waals surface area contributed by atoms with Gasteiger partial charge in [-0.05, 0) is 29.7 Å². The van der Waals surface area contributed by atoms with Gasteiger partial charge in [-0.2, -0.15) is 0 Å². The highest BCUT2D eigenvalue weighted by atomic mass is 79.9. The lowest BCUT2D eigenvalue weighted by atomic mass is 9.86. The highest BCUT2D eigenvalue weighted by Crippen LogP contribution is 2.33. The van der Waals surface area contributed by atoms with Gasteiger partial charge in [-0.1, -0.05) is 42.8 Å². The molecule has 0 saturated heterocycles. The Hall–Kier alpha value is -2.41. The number of nitro benzene ring substituents is 1. The number of hydrogen-bond acceptors (Lipinski definition) is 4. The van der Waals surface area contributed by atoms with Crippen molar-refractivity contribution in [2.75, 3.05) is 11.9 Å². The first kappa shape index (κ1) is 18.9. The summed E-state index contributed by atoms with van der Waals surface area (Å²) < 4.78 is 6.60. The number of ether oxygens (including phenoxy) is 1. The van der Waals surface area contributed by atoms with E-state index in [1.54, 1.807) is 6.07 Å². The summed E-state index contributed by atoms with van der Waals surface area (Å²) >= 11 is 3.44. The highest BCUT2D eigenvalue weighted by molar-refractivity contribution is 9.10. The van der Waals surface area contributed by atoms with Gasteiger partial charge in [-0.15, -0.1) is 0 Å². The molecule has 2 rings (SSSR count). The topological polar surface area (TPSA) is 81.5 Å². The SMILES string of the molecule is CC(C)(C)c1cc(Br)ccc1OCC(=O)Nc1cccc([N+](=O)[O-])c1. The summed E-state index contributed by atoms with van der Waals surface area (Å²) in [6.07, 6.45) is 0. The first-order valence-electron chi connectivity index (χ1n) is 7.64. The maximum absolute atomic E-state index is 12.1. The first-order chi connectivity index (χ1) is 11.7. The van der Waals surface area contributed by atoms with E-state index in [0.717, 1.165) is 10.0 Å². The number of nitro groups is 1. The van der Waals surface area contributed by atoms with Crippen LogP contribution in [0, 0.1) is 10.1 Å². The molecule has 2 aromatic rings. The monoisotopic (exact) mass is 406 g/mol. The van der Waals surface area contributed by atoms with Crippen LogP contribution in [0.2, 0.25) is 0 Å². The number of halogens is 1. The van der Waals surface area contributed by atoms with Crippen molar-refractivity contribution in [1.82, 2.24) is 0 Å². The number of nitrogens with zero attached hydrogens (tertiary/aromatic N) is 1. The Bertz CT molecular complexity index is 800. The molecule has 1 amide bonds. The minimum absolute atomic E-state index is 0.0818. The Morgan fingerprint density at radius 1 is 1.24 bits per heavy atom. The molecule has 6 nitrogen and oxygen atoms in total. The molecule has 132 valence electrons. The lowest BCUT2D eigenvalue weighted by molar-refractivity contribution is -0.384. The number of amides is 1. The van der Waals surface area contributed by atoms with Crippen LogP contribution in [0.3, 0.4) is 0 Å². The average molecular weight is 407 g/mol. The van der Waals surface area contributed by atoms with Crippen molar-refractivity contribution in [3.05, 3.63) is 62.6 Å². The predicted octanol–water partition coefficient (Wildman–Crippen LogP) is 4.67. The Kier molecular flexibility index (Phi) is 5.79. The average Bonchev–Trinajstić information content (AvgIpc) is 2.53. The molecule has 0 heterocycles. The Morgan fingerprint density at radius 3 is 2.60 bits per heavy atom. The van der Waals surface area contributed by atoms with Crippen LogP contribution in [-0.4, -0.2) is 17.4 Å². The Balaban J connectivity index is 2.06. The molecule has 0 fully saturated rings. The molecule has 0 radical (unpaired) electrons. The fraction of sp³-hybridized carbons (Fsp3) is 0.278. The third-order valence-corrected chi connectivity index (χ3v) is 3.94. The van der Waals surface area contributed by atoms with Crippen LogP contribution in [0.25, 0.3) is 0 Å². The quantitative estimate of drug-likeness (QED) is 0.577. The summed E-state index contributed by atoms with van der Waals surface area (Å²) in [5, 5.41) is 13.4. The molecule has 25 heavy (non-hydrogen) atoms. The van der Waals surface area contributed by atoms with Crippen LogP contribution >= 0.6 is 15.9 Å². The fourth-order valence-corrected chi connectivity index (χ4v) is 2.61. The van der Waals surface area contributed by atoms with Crippen LogP contribution in [0.4, 0.5) is 11.4 Å². The van der Waals surface area contributed by atoms with Gasteiger partial charge in [-0.25, -0.2) is 0 Å². The molecule has 0 aliphatic carbocycles.